The SMILES string of the molecule is CC(C)NCc1cncn1C(C)c1ccc(Cl)cc1. The molecule has 0 amide bonds. The molecule has 1 N–H and O–H groups in total. The largest absolute Gasteiger partial charge is 0.326 e. The van der Waals surface area contributed by atoms with E-state index in [4.69, 9.17) is 11.6 Å². The first-order valence-electron chi connectivity index (χ1n) is 6.57. The van der Waals surface area contributed by atoms with Gasteiger partial charge in [0.25, 0.3) is 0 Å². The molecule has 2 aromatic rings. The van der Waals surface area contributed by atoms with E-state index >= 15 is 0 Å². The third-order valence-electron chi connectivity index (χ3n) is 3.21. The molecule has 19 heavy (non-hydrogen) atoms. The van der Waals surface area contributed by atoms with E-state index in [1.54, 1.807) is 0 Å². The van der Waals surface area contributed by atoms with Crippen molar-refractivity contribution in [2.45, 2.75) is 39.4 Å². The van der Waals surface area contributed by atoms with Crippen molar-refractivity contribution in [2.24, 2.45) is 0 Å². The molecule has 1 aromatic carbocycles. The van der Waals surface area contributed by atoms with Crippen molar-refractivity contribution in [2.75, 3.05) is 0 Å². The zero-order valence-corrected chi connectivity index (χ0v) is 12.4. The number of rotatable bonds is 5. The van der Waals surface area contributed by atoms with Crippen LogP contribution >= 0.6 is 11.6 Å². The number of imidazole rings is 1. The molecule has 0 aliphatic heterocycles. The summed E-state index contributed by atoms with van der Waals surface area (Å²) in [6, 6.07) is 8.70. The molecular formula is C15H20ClN3. The molecule has 0 saturated heterocycles. The highest BCUT2D eigenvalue weighted by atomic mass is 35.5. The summed E-state index contributed by atoms with van der Waals surface area (Å²) in [5, 5.41) is 4.19. The van der Waals surface area contributed by atoms with Crippen LogP contribution in [0.4, 0.5) is 0 Å². The quantitative estimate of drug-likeness (QED) is 0.904. The van der Waals surface area contributed by atoms with Crippen LogP contribution in [-0.4, -0.2) is 15.6 Å². The smallest absolute Gasteiger partial charge is 0.0954 e. The van der Waals surface area contributed by atoms with E-state index in [9.17, 15) is 0 Å². The summed E-state index contributed by atoms with van der Waals surface area (Å²) in [6.45, 7) is 7.28. The second kappa shape index (κ2) is 6.22. The molecule has 102 valence electrons. The average Bonchev–Trinajstić information content (AvgIpc) is 2.84. The second-order valence-corrected chi connectivity index (χ2v) is 5.49. The number of hydrogen-bond acceptors (Lipinski definition) is 2. The Balaban J connectivity index is 2.17. The zero-order valence-electron chi connectivity index (χ0n) is 11.6. The van der Waals surface area contributed by atoms with Gasteiger partial charge in [0.2, 0.25) is 0 Å². The fourth-order valence-electron chi connectivity index (χ4n) is 2.03. The van der Waals surface area contributed by atoms with E-state index in [1.165, 1.54) is 11.3 Å². The number of hydrogen-bond donors (Lipinski definition) is 1. The highest BCUT2D eigenvalue weighted by molar-refractivity contribution is 6.30. The van der Waals surface area contributed by atoms with Gasteiger partial charge >= 0.3 is 0 Å². The van der Waals surface area contributed by atoms with Gasteiger partial charge in [-0.1, -0.05) is 37.6 Å². The third-order valence-corrected chi connectivity index (χ3v) is 3.46. The van der Waals surface area contributed by atoms with Crippen molar-refractivity contribution in [3.8, 4) is 0 Å². The molecule has 0 fully saturated rings. The number of benzene rings is 1. The molecule has 1 atom stereocenters. The zero-order chi connectivity index (χ0) is 13.8. The lowest BCUT2D eigenvalue weighted by Crippen LogP contribution is -2.24. The molecule has 3 nitrogen and oxygen atoms in total. The Bertz CT molecular complexity index is 516. The minimum absolute atomic E-state index is 0.253. The van der Waals surface area contributed by atoms with Gasteiger partial charge in [0, 0.05) is 23.8 Å². The molecule has 1 aromatic heterocycles. The Morgan fingerprint density at radius 2 is 1.89 bits per heavy atom. The highest BCUT2D eigenvalue weighted by Crippen LogP contribution is 2.21. The van der Waals surface area contributed by atoms with Crippen molar-refractivity contribution in [3.05, 3.63) is 53.1 Å². The van der Waals surface area contributed by atoms with Crippen LogP contribution in [0.2, 0.25) is 5.02 Å². The summed E-state index contributed by atoms with van der Waals surface area (Å²) in [7, 11) is 0. The minimum Gasteiger partial charge on any atom is -0.326 e. The molecule has 0 radical (unpaired) electrons. The van der Waals surface area contributed by atoms with Crippen LogP contribution in [0.5, 0.6) is 0 Å². The molecule has 0 aliphatic carbocycles. The maximum atomic E-state index is 5.93. The first kappa shape index (κ1) is 14.1. The molecule has 1 unspecified atom stereocenters. The summed E-state index contributed by atoms with van der Waals surface area (Å²) in [5.74, 6) is 0. The van der Waals surface area contributed by atoms with Gasteiger partial charge in [0.15, 0.2) is 0 Å². The Morgan fingerprint density at radius 3 is 2.53 bits per heavy atom. The van der Waals surface area contributed by atoms with E-state index in [1.807, 2.05) is 24.7 Å². The topological polar surface area (TPSA) is 29.9 Å². The first-order chi connectivity index (χ1) is 9.08. The van der Waals surface area contributed by atoms with Gasteiger partial charge in [-0.2, -0.15) is 0 Å². The lowest BCUT2D eigenvalue weighted by molar-refractivity contribution is 0.539. The lowest BCUT2D eigenvalue weighted by atomic mass is 10.1. The van der Waals surface area contributed by atoms with E-state index in [2.05, 4.69) is 47.8 Å². The van der Waals surface area contributed by atoms with Crippen LogP contribution in [0.25, 0.3) is 0 Å². The van der Waals surface area contributed by atoms with Crippen molar-refractivity contribution >= 4 is 11.6 Å². The summed E-state index contributed by atoms with van der Waals surface area (Å²) in [6.07, 6.45) is 3.80. The van der Waals surface area contributed by atoms with Gasteiger partial charge < -0.3 is 9.88 Å². The fourth-order valence-corrected chi connectivity index (χ4v) is 2.15. The second-order valence-electron chi connectivity index (χ2n) is 5.06. The number of halogens is 1. The van der Waals surface area contributed by atoms with Crippen molar-refractivity contribution in [3.63, 3.8) is 0 Å². The molecule has 4 heteroatoms. The molecule has 0 bridgehead atoms. The number of nitrogens with zero attached hydrogens (tertiary/aromatic N) is 2. The average molecular weight is 278 g/mol. The number of aromatic nitrogens is 2. The molecule has 0 aliphatic rings. The van der Waals surface area contributed by atoms with Crippen LogP contribution < -0.4 is 5.32 Å². The van der Waals surface area contributed by atoms with Gasteiger partial charge in [-0.25, -0.2) is 4.98 Å². The molecule has 0 spiro atoms. The number of nitrogens with one attached hydrogen (secondary N) is 1. The van der Waals surface area contributed by atoms with E-state index in [0.717, 1.165) is 11.6 Å². The summed E-state index contributed by atoms with van der Waals surface area (Å²) < 4.78 is 2.19. The van der Waals surface area contributed by atoms with Crippen LogP contribution in [-0.2, 0) is 6.54 Å². The van der Waals surface area contributed by atoms with Crippen LogP contribution in [0.15, 0.2) is 36.8 Å². The lowest BCUT2D eigenvalue weighted by Gasteiger charge is -2.18. The molecular weight excluding hydrogens is 258 g/mol. The Morgan fingerprint density at radius 1 is 1.21 bits per heavy atom. The molecule has 0 saturated carbocycles. The van der Waals surface area contributed by atoms with Gasteiger partial charge in [0.1, 0.15) is 0 Å². The minimum atomic E-state index is 0.253. The molecule has 1 heterocycles. The maximum Gasteiger partial charge on any atom is 0.0954 e. The van der Waals surface area contributed by atoms with Crippen molar-refractivity contribution in [1.82, 2.24) is 14.9 Å². The monoisotopic (exact) mass is 277 g/mol. The fraction of sp³-hybridized carbons (Fsp3) is 0.400. The van der Waals surface area contributed by atoms with E-state index in [0.29, 0.717) is 6.04 Å². The summed E-state index contributed by atoms with van der Waals surface area (Å²) >= 11 is 5.93. The van der Waals surface area contributed by atoms with Crippen LogP contribution in [0.3, 0.4) is 0 Å². The molecule has 2 rings (SSSR count). The normalized spacial score (nSPS) is 12.9. The Hall–Kier alpha value is -1.32. The Labute approximate surface area is 119 Å². The third kappa shape index (κ3) is 3.58. The standard InChI is InChI=1S/C15H20ClN3/c1-11(2)18-9-15-8-17-10-19(15)12(3)13-4-6-14(16)7-5-13/h4-8,10-12,18H,9H2,1-3H3. The van der Waals surface area contributed by atoms with Crippen LogP contribution in [0.1, 0.15) is 38.1 Å². The van der Waals surface area contributed by atoms with Gasteiger partial charge in [-0.3, -0.25) is 0 Å². The van der Waals surface area contributed by atoms with E-state index < -0.39 is 0 Å². The summed E-state index contributed by atoms with van der Waals surface area (Å²) in [4.78, 5) is 4.26. The highest BCUT2D eigenvalue weighted by Gasteiger charge is 2.11. The van der Waals surface area contributed by atoms with Gasteiger partial charge in [-0.05, 0) is 24.6 Å². The van der Waals surface area contributed by atoms with Crippen LogP contribution in [0, 0.1) is 0 Å². The van der Waals surface area contributed by atoms with E-state index in [-0.39, 0.29) is 6.04 Å². The maximum absolute atomic E-state index is 5.93. The predicted octanol–water partition coefficient (Wildman–Crippen LogP) is 3.64. The van der Waals surface area contributed by atoms with Gasteiger partial charge in [0.05, 0.1) is 18.1 Å². The van der Waals surface area contributed by atoms with Crippen molar-refractivity contribution in [1.29, 1.82) is 0 Å². The Kier molecular flexibility index (Phi) is 4.61. The first-order valence-corrected chi connectivity index (χ1v) is 6.95. The van der Waals surface area contributed by atoms with Crippen molar-refractivity contribution < 1.29 is 0 Å². The predicted molar refractivity (Wildman–Crippen MR) is 79.5 cm³/mol. The summed E-state index contributed by atoms with van der Waals surface area (Å²) in [5.41, 5.74) is 2.42. The van der Waals surface area contributed by atoms with Gasteiger partial charge in [-0.15, -0.1) is 0 Å².